The molecule has 1 amide bonds. The summed E-state index contributed by atoms with van der Waals surface area (Å²) >= 11 is 1.50. The van der Waals surface area contributed by atoms with E-state index < -0.39 is 0 Å². The summed E-state index contributed by atoms with van der Waals surface area (Å²) < 4.78 is 1.09. The van der Waals surface area contributed by atoms with E-state index in [1.807, 2.05) is 24.3 Å². The second-order valence-electron chi connectivity index (χ2n) is 6.87. The van der Waals surface area contributed by atoms with Gasteiger partial charge in [-0.05, 0) is 56.8 Å². The normalized spacial score (nSPS) is 30.2. The van der Waals surface area contributed by atoms with Crippen LogP contribution in [-0.2, 0) is 0 Å². The number of benzene rings is 1. The fourth-order valence-electron chi connectivity index (χ4n) is 4.49. The molecule has 1 spiro atoms. The number of carbonyl (C=O) groups is 1. The van der Waals surface area contributed by atoms with Crippen LogP contribution in [0.5, 0.6) is 0 Å². The first-order valence-electron chi connectivity index (χ1n) is 8.18. The maximum atomic E-state index is 12.7. The molecule has 6 rings (SSSR count). The summed E-state index contributed by atoms with van der Waals surface area (Å²) in [5.74, 6) is 0.678. The largest absolute Gasteiger partial charge is 0.345 e. The minimum absolute atomic E-state index is 0. The van der Waals surface area contributed by atoms with Crippen LogP contribution in [0.15, 0.2) is 24.3 Å². The molecular weight excluding hydrogens is 330 g/mol. The third kappa shape index (κ3) is 2.29. The molecule has 1 N–H and O–H groups in total. The van der Waals surface area contributed by atoms with Crippen molar-refractivity contribution in [1.29, 1.82) is 0 Å². The predicted molar refractivity (Wildman–Crippen MR) is 94.4 cm³/mol. The molecule has 3 saturated heterocycles. The number of aromatic nitrogens is 1. The first kappa shape index (κ1) is 15.4. The van der Waals surface area contributed by atoms with Gasteiger partial charge in [-0.3, -0.25) is 9.69 Å². The van der Waals surface area contributed by atoms with E-state index in [1.54, 1.807) is 0 Å². The van der Waals surface area contributed by atoms with Gasteiger partial charge in [0.2, 0.25) is 0 Å². The van der Waals surface area contributed by atoms with Crippen molar-refractivity contribution in [2.45, 2.75) is 37.3 Å². The first-order valence-corrected chi connectivity index (χ1v) is 8.99. The van der Waals surface area contributed by atoms with Crippen molar-refractivity contribution in [2.24, 2.45) is 5.92 Å². The second kappa shape index (κ2) is 5.43. The molecule has 2 aromatic rings. The monoisotopic (exact) mass is 349 g/mol. The standard InChI is InChI=1S/C17H19N3OS.ClH/c21-15(16-18-12-3-1-2-4-13(12)22-16)19-14-11-5-9-20(10-6-11)17(14)7-8-17;/h1-4,11,14H,5-10H2,(H,19,21);1H/t14-;/m0./s1. The Bertz CT molecular complexity index is 716. The number of hydrogen-bond donors (Lipinski definition) is 1. The van der Waals surface area contributed by atoms with Crippen LogP contribution >= 0.6 is 23.7 Å². The van der Waals surface area contributed by atoms with E-state index in [1.165, 1.54) is 50.1 Å². The third-order valence-electron chi connectivity index (χ3n) is 5.76. The van der Waals surface area contributed by atoms with Gasteiger partial charge in [0.25, 0.3) is 5.91 Å². The Hall–Kier alpha value is -1.17. The second-order valence-corrected chi connectivity index (χ2v) is 7.90. The highest BCUT2D eigenvalue weighted by Gasteiger charge is 2.60. The quantitative estimate of drug-likeness (QED) is 0.906. The summed E-state index contributed by atoms with van der Waals surface area (Å²) in [5, 5.41) is 3.95. The Morgan fingerprint density at radius 1 is 1.26 bits per heavy atom. The lowest BCUT2D eigenvalue weighted by Crippen LogP contribution is -2.65. The molecule has 1 aromatic carbocycles. The van der Waals surface area contributed by atoms with Gasteiger partial charge in [0.05, 0.1) is 16.3 Å². The van der Waals surface area contributed by atoms with Crippen LogP contribution in [0, 0.1) is 5.92 Å². The molecule has 4 nitrogen and oxygen atoms in total. The summed E-state index contributed by atoms with van der Waals surface area (Å²) in [5.41, 5.74) is 1.21. The van der Waals surface area contributed by atoms with Gasteiger partial charge in [-0.2, -0.15) is 0 Å². The molecule has 4 fully saturated rings. The molecule has 1 aromatic heterocycles. The summed E-state index contributed by atoms with van der Waals surface area (Å²) in [6, 6.07) is 8.29. The zero-order valence-electron chi connectivity index (χ0n) is 12.8. The van der Waals surface area contributed by atoms with Gasteiger partial charge in [-0.15, -0.1) is 23.7 Å². The summed E-state index contributed by atoms with van der Waals surface area (Å²) in [6.07, 6.45) is 4.95. The van der Waals surface area contributed by atoms with Crippen LogP contribution in [0.25, 0.3) is 10.2 Å². The van der Waals surface area contributed by atoms with Crippen LogP contribution < -0.4 is 5.32 Å². The van der Waals surface area contributed by atoms with Gasteiger partial charge in [-0.1, -0.05) is 12.1 Å². The molecule has 122 valence electrons. The smallest absolute Gasteiger partial charge is 0.280 e. The Kier molecular flexibility index (Phi) is 3.63. The minimum atomic E-state index is 0. The van der Waals surface area contributed by atoms with E-state index in [0.717, 1.165) is 10.2 Å². The van der Waals surface area contributed by atoms with Crippen molar-refractivity contribution < 1.29 is 4.79 Å². The SMILES string of the molecule is Cl.O=C(N[C@H]1C2CCN(CC2)C12CC2)c1nc2ccccc2s1. The number of hydrogen-bond acceptors (Lipinski definition) is 4. The zero-order chi connectivity index (χ0) is 14.7. The summed E-state index contributed by atoms with van der Waals surface area (Å²) in [7, 11) is 0. The van der Waals surface area contributed by atoms with Crippen LogP contribution in [0.2, 0.25) is 0 Å². The van der Waals surface area contributed by atoms with Gasteiger partial charge in [0.1, 0.15) is 0 Å². The van der Waals surface area contributed by atoms with Crippen molar-refractivity contribution in [3.8, 4) is 0 Å². The van der Waals surface area contributed by atoms with Crippen LogP contribution in [0.4, 0.5) is 0 Å². The highest BCUT2D eigenvalue weighted by molar-refractivity contribution is 7.20. The Morgan fingerprint density at radius 3 is 2.70 bits per heavy atom. The number of thiazole rings is 1. The number of halogens is 1. The number of piperidine rings is 3. The molecule has 2 bridgehead atoms. The fraction of sp³-hybridized carbons (Fsp3) is 0.529. The molecule has 0 radical (unpaired) electrons. The lowest BCUT2D eigenvalue weighted by molar-refractivity contribution is -0.00144. The summed E-state index contributed by atoms with van der Waals surface area (Å²) in [4.78, 5) is 19.8. The molecule has 1 aliphatic carbocycles. The number of nitrogens with one attached hydrogen (secondary N) is 1. The van der Waals surface area contributed by atoms with Gasteiger partial charge < -0.3 is 5.32 Å². The van der Waals surface area contributed by atoms with Crippen molar-refractivity contribution >= 4 is 39.9 Å². The fourth-order valence-corrected chi connectivity index (χ4v) is 5.36. The van der Waals surface area contributed by atoms with Crippen molar-refractivity contribution in [3.63, 3.8) is 0 Å². The topological polar surface area (TPSA) is 45.2 Å². The minimum Gasteiger partial charge on any atom is -0.345 e. The number of para-hydroxylation sites is 1. The Morgan fingerprint density at radius 2 is 2.00 bits per heavy atom. The van der Waals surface area contributed by atoms with Gasteiger partial charge >= 0.3 is 0 Å². The molecule has 4 heterocycles. The highest BCUT2D eigenvalue weighted by atomic mass is 35.5. The van der Waals surface area contributed by atoms with E-state index in [2.05, 4.69) is 15.2 Å². The molecule has 23 heavy (non-hydrogen) atoms. The van der Waals surface area contributed by atoms with E-state index >= 15 is 0 Å². The Labute approximate surface area is 145 Å². The highest BCUT2D eigenvalue weighted by Crippen LogP contribution is 2.53. The van der Waals surface area contributed by atoms with Crippen molar-refractivity contribution in [3.05, 3.63) is 29.3 Å². The van der Waals surface area contributed by atoms with Crippen LogP contribution in [0.1, 0.15) is 35.5 Å². The average molecular weight is 350 g/mol. The van der Waals surface area contributed by atoms with E-state index in [0.29, 0.717) is 17.0 Å². The lowest BCUT2D eigenvalue weighted by Gasteiger charge is -2.52. The maximum Gasteiger partial charge on any atom is 0.280 e. The Balaban J connectivity index is 0.00000135. The number of carbonyl (C=O) groups excluding carboxylic acids is 1. The number of rotatable bonds is 2. The molecule has 1 atom stereocenters. The molecule has 4 aliphatic rings. The number of fused-ring (bicyclic) bond motifs is 3. The summed E-state index contributed by atoms with van der Waals surface area (Å²) in [6.45, 7) is 2.44. The molecule has 0 unspecified atom stereocenters. The molecular formula is C17H20ClN3OS. The number of amides is 1. The van der Waals surface area contributed by atoms with E-state index in [9.17, 15) is 4.79 Å². The average Bonchev–Trinajstić information content (AvgIpc) is 3.20. The van der Waals surface area contributed by atoms with E-state index in [4.69, 9.17) is 0 Å². The van der Waals surface area contributed by atoms with Gasteiger partial charge in [-0.25, -0.2) is 4.98 Å². The van der Waals surface area contributed by atoms with Crippen LogP contribution in [-0.4, -0.2) is 40.5 Å². The predicted octanol–water partition coefficient (Wildman–Crippen LogP) is 3.07. The molecule has 1 saturated carbocycles. The zero-order valence-corrected chi connectivity index (χ0v) is 14.5. The molecule has 6 heteroatoms. The maximum absolute atomic E-state index is 12.7. The first-order chi connectivity index (χ1) is 10.8. The van der Waals surface area contributed by atoms with Gasteiger partial charge in [0, 0.05) is 5.54 Å². The van der Waals surface area contributed by atoms with Gasteiger partial charge in [0.15, 0.2) is 5.01 Å². The number of nitrogens with zero attached hydrogens (tertiary/aromatic N) is 2. The van der Waals surface area contributed by atoms with Crippen molar-refractivity contribution in [1.82, 2.24) is 15.2 Å². The van der Waals surface area contributed by atoms with E-state index in [-0.39, 0.29) is 23.9 Å². The van der Waals surface area contributed by atoms with Crippen LogP contribution in [0.3, 0.4) is 0 Å². The molecule has 3 aliphatic heterocycles. The third-order valence-corrected chi connectivity index (χ3v) is 6.79. The van der Waals surface area contributed by atoms with Crippen molar-refractivity contribution in [2.75, 3.05) is 13.1 Å². The lowest BCUT2D eigenvalue weighted by atomic mass is 9.77.